The largest absolute Gasteiger partial charge is 0.478 e. The van der Waals surface area contributed by atoms with Crippen LogP contribution in [-0.2, 0) is 4.74 Å². The van der Waals surface area contributed by atoms with Crippen molar-refractivity contribution in [1.82, 2.24) is 0 Å². The lowest BCUT2D eigenvalue weighted by Gasteiger charge is -2.16. The summed E-state index contributed by atoms with van der Waals surface area (Å²) in [5.41, 5.74) is 0.00917. The van der Waals surface area contributed by atoms with Crippen molar-refractivity contribution < 1.29 is 24.5 Å². The van der Waals surface area contributed by atoms with E-state index in [1.807, 2.05) is 6.92 Å². The van der Waals surface area contributed by atoms with Gasteiger partial charge in [-0.1, -0.05) is 25.5 Å². The predicted molar refractivity (Wildman–Crippen MR) is 78.4 cm³/mol. The van der Waals surface area contributed by atoms with E-state index >= 15 is 0 Å². The van der Waals surface area contributed by atoms with Crippen LogP contribution in [0.1, 0.15) is 53.8 Å². The third-order valence-corrected chi connectivity index (χ3v) is 3.40. The zero-order valence-corrected chi connectivity index (χ0v) is 12.4. The third-order valence-electron chi connectivity index (χ3n) is 3.40. The Kier molecular flexibility index (Phi) is 6.88. The van der Waals surface area contributed by atoms with Crippen molar-refractivity contribution in [2.75, 3.05) is 6.61 Å². The average Bonchev–Trinajstić information content (AvgIpc) is 2.46. The van der Waals surface area contributed by atoms with Crippen LogP contribution in [0.15, 0.2) is 24.3 Å². The van der Waals surface area contributed by atoms with Crippen LogP contribution in [0.4, 0.5) is 0 Å². The summed E-state index contributed by atoms with van der Waals surface area (Å²) in [4.78, 5) is 23.1. The molecule has 1 aromatic carbocycles. The number of hydrogen-bond acceptors (Lipinski definition) is 4. The van der Waals surface area contributed by atoms with Gasteiger partial charge in [0.1, 0.15) is 0 Å². The first-order valence-corrected chi connectivity index (χ1v) is 7.13. The number of hydrogen-bond donors (Lipinski definition) is 2. The highest BCUT2D eigenvalue weighted by atomic mass is 16.5. The fourth-order valence-corrected chi connectivity index (χ4v) is 2.00. The second-order valence-electron chi connectivity index (χ2n) is 5.15. The van der Waals surface area contributed by atoms with E-state index in [1.165, 1.54) is 12.1 Å². The highest BCUT2D eigenvalue weighted by Gasteiger charge is 2.18. The number of aliphatic hydroxyl groups excluding tert-OH is 1. The van der Waals surface area contributed by atoms with E-state index in [4.69, 9.17) is 9.84 Å². The summed E-state index contributed by atoms with van der Waals surface area (Å²) in [5.74, 6) is -1.60. The van der Waals surface area contributed by atoms with Gasteiger partial charge >= 0.3 is 11.9 Å². The maximum absolute atomic E-state index is 12.0. The Morgan fingerprint density at radius 3 is 2.33 bits per heavy atom. The number of carboxylic acid groups (broad SMARTS) is 1. The number of carboxylic acids is 1. The molecule has 0 saturated carbocycles. The maximum atomic E-state index is 12.0. The molecule has 0 fully saturated rings. The molecule has 1 aromatic rings. The van der Waals surface area contributed by atoms with Crippen molar-refractivity contribution in [2.45, 2.75) is 39.2 Å². The third kappa shape index (κ3) is 5.55. The monoisotopic (exact) mass is 294 g/mol. The normalized spacial score (nSPS) is 13.5. The van der Waals surface area contributed by atoms with Gasteiger partial charge in [-0.3, -0.25) is 0 Å². The van der Waals surface area contributed by atoms with E-state index in [2.05, 4.69) is 0 Å². The quantitative estimate of drug-likeness (QED) is 0.720. The Balaban J connectivity index is 2.63. The van der Waals surface area contributed by atoms with Crippen LogP contribution in [-0.4, -0.2) is 34.9 Å². The van der Waals surface area contributed by atoms with E-state index in [0.29, 0.717) is 6.42 Å². The molecule has 0 heterocycles. The van der Waals surface area contributed by atoms with E-state index in [0.717, 1.165) is 12.8 Å². The molecule has 2 unspecified atom stereocenters. The first kappa shape index (κ1) is 17.2. The van der Waals surface area contributed by atoms with Crippen LogP contribution in [0, 0.1) is 5.92 Å². The lowest BCUT2D eigenvalue weighted by molar-refractivity contribution is 0.0411. The smallest absolute Gasteiger partial charge is 0.339 e. The number of aliphatic hydroxyl groups is 1. The fourth-order valence-electron chi connectivity index (χ4n) is 2.00. The molecule has 0 aromatic heterocycles. The highest BCUT2D eigenvalue weighted by Crippen LogP contribution is 2.16. The number of carbonyl (C=O) groups is 2. The molecule has 0 saturated heterocycles. The molecule has 2 atom stereocenters. The van der Waals surface area contributed by atoms with Crippen LogP contribution >= 0.6 is 0 Å². The minimum atomic E-state index is -1.15. The van der Waals surface area contributed by atoms with Gasteiger partial charge in [0.15, 0.2) is 0 Å². The minimum Gasteiger partial charge on any atom is -0.478 e. The molecule has 0 bridgehead atoms. The summed E-state index contributed by atoms with van der Waals surface area (Å²) in [7, 11) is 0. The van der Waals surface area contributed by atoms with Gasteiger partial charge in [0.05, 0.1) is 23.8 Å². The molecule has 5 heteroatoms. The Morgan fingerprint density at radius 2 is 1.81 bits per heavy atom. The van der Waals surface area contributed by atoms with Crippen LogP contribution < -0.4 is 0 Å². The van der Waals surface area contributed by atoms with E-state index in [-0.39, 0.29) is 29.8 Å². The molecule has 0 aliphatic rings. The summed E-state index contributed by atoms with van der Waals surface area (Å²) < 4.78 is 5.22. The molecular formula is C16H22O5. The van der Waals surface area contributed by atoms with Crippen molar-refractivity contribution >= 4 is 11.9 Å². The fraction of sp³-hybridized carbons (Fsp3) is 0.500. The second kappa shape index (κ2) is 8.42. The number of rotatable bonds is 8. The lowest BCUT2D eigenvalue weighted by Crippen LogP contribution is -2.17. The van der Waals surface area contributed by atoms with Crippen molar-refractivity contribution in [3.8, 4) is 0 Å². The lowest BCUT2D eigenvalue weighted by atomic mass is 9.99. The Labute approximate surface area is 124 Å². The number of aromatic carboxylic acids is 1. The molecule has 5 nitrogen and oxygen atoms in total. The summed E-state index contributed by atoms with van der Waals surface area (Å²) in [6.07, 6.45) is 1.88. The van der Waals surface area contributed by atoms with Gasteiger partial charge < -0.3 is 14.9 Å². The van der Waals surface area contributed by atoms with Gasteiger partial charge in [-0.15, -0.1) is 0 Å². The van der Waals surface area contributed by atoms with Gasteiger partial charge in [-0.05, 0) is 37.8 Å². The average molecular weight is 294 g/mol. The van der Waals surface area contributed by atoms with Gasteiger partial charge in [-0.2, -0.15) is 0 Å². The standard InChI is InChI=1S/C16H22O5/c1-3-12(9-8-11(2)17)10-21-16(20)14-7-5-4-6-13(14)15(18)19/h4-7,11-12,17H,3,8-10H2,1-2H3,(H,18,19). The van der Waals surface area contributed by atoms with Crippen LogP contribution in [0.2, 0.25) is 0 Å². The Hall–Kier alpha value is -1.88. The molecule has 0 aliphatic carbocycles. The molecule has 116 valence electrons. The molecule has 1 rings (SSSR count). The maximum Gasteiger partial charge on any atom is 0.339 e. The van der Waals surface area contributed by atoms with Gasteiger partial charge in [-0.25, -0.2) is 9.59 Å². The first-order chi connectivity index (χ1) is 9.95. The topological polar surface area (TPSA) is 83.8 Å². The Bertz CT molecular complexity index is 481. The minimum absolute atomic E-state index is 0.0560. The summed E-state index contributed by atoms with van der Waals surface area (Å²) in [6.45, 7) is 3.95. The molecule has 0 amide bonds. The SMILES string of the molecule is CCC(CCC(C)O)COC(=O)c1ccccc1C(=O)O. The van der Waals surface area contributed by atoms with Gasteiger partial charge in [0.2, 0.25) is 0 Å². The molecule has 21 heavy (non-hydrogen) atoms. The number of ether oxygens (including phenoxy) is 1. The zero-order chi connectivity index (χ0) is 15.8. The predicted octanol–water partition coefficient (Wildman–Crippen LogP) is 2.73. The van der Waals surface area contributed by atoms with Crippen molar-refractivity contribution in [3.63, 3.8) is 0 Å². The molecule has 0 spiro atoms. The zero-order valence-electron chi connectivity index (χ0n) is 12.4. The molecular weight excluding hydrogens is 272 g/mol. The van der Waals surface area contributed by atoms with Gasteiger partial charge in [0.25, 0.3) is 0 Å². The van der Waals surface area contributed by atoms with Crippen LogP contribution in [0.3, 0.4) is 0 Å². The van der Waals surface area contributed by atoms with E-state index in [9.17, 15) is 14.7 Å². The van der Waals surface area contributed by atoms with Crippen molar-refractivity contribution in [2.24, 2.45) is 5.92 Å². The number of carbonyl (C=O) groups excluding carboxylic acids is 1. The molecule has 2 N–H and O–H groups in total. The van der Waals surface area contributed by atoms with E-state index < -0.39 is 11.9 Å². The van der Waals surface area contributed by atoms with Gasteiger partial charge in [0, 0.05) is 0 Å². The van der Waals surface area contributed by atoms with E-state index in [1.54, 1.807) is 19.1 Å². The highest BCUT2D eigenvalue weighted by molar-refractivity contribution is 6.02. The summed E-state index contributed by atoms with van der Waals surface area (Å²) in [6, 6.07) is 6.00. The molecule has 0 radical (unpaired) electrons. The number of esters is 1. The summed E-state index contributed by atoms with van der Waals surface area (Å²) in [5, 5.41) is 18.3. The van der Waals surface area contributed by atoms with Crippen LogP contribution in [0.25, 0.3) is 0 Å². The molecule has 0 aliphatic heterocycles. The number of benzene rings is 1. The van der Waals surface area contributed by atoms with Crippen molar-refractivity contribution in [1.29, 1.82) is 0 Å². The summed E-state index contributed by atoms with van der Waals surface area (Å²) >= 11 is 0. The Morgan fingerprint density at radius 1 is 1.19 bits per heavy atom. The van der Waals surface area contributed by atoms with Crippen LogP contribution in [0.5, 0.6) is 0 Å². The second-order valence-corrected chi connectivity index (χ2v) is 5.15. The van der Waals surface area contributed by atoms with Crippen molar-refractivity contribution in [3.05, 3.63) is 35.4 Å². The first-order valence-electron chi connectivity index (χ1n) is 7.13.